The van der Waals surface area contributed by atoms with Crippen LogP contribution >= 0.6 is 0 Å². The molecule has 1 aliphatic heterocycles. The number of ether oxygens (including phenoxy) is 1. The third kappa shape index (κ3) is 2.01. The van der Waals surface area contributed by atoms with Crippen LogP contribution in [0, 0.1) is 17.8 Å². The van der Waals surface area contributed by atoms with Crippen molar-refractivity contribution in [2.75, 3.05) is 26.3 Å². The van der Waals surface area contributed by atoms with E-state index in [0.29, 0.717) is 0 Å². The van der Waals surface area contributed by atoms with Gasteiger partial charge in [0.15, 0.2) is 0 Å². The Kier molecular flexibility index (Phi) is 2.41. The molecule has 1 heterocycles. The van der Waals surface area contributed by atoms with Crippen LogP contribution in [-0.4, -0.2) is 37.2 Å². The largest absolute Gasteiger partial charge is 0.379 e. The number of nitrogens with zero attached hydrogens (tertiary/aromatic N) is 1. The average Bonchev–Trinajstić information content (AvgIpc) is 2.87. The summed E-state index contributed by atoms with van der Waals surface area (Å²) in [5.41, 5.74) is 3.02. The number of carbonyl (C=O) groups is 1. The van der Waals surface area contributed by atoms with Crippen molar-refractivity contribution in [2.24, 2.45) is 17.8 Å². The zero-order valence-corrected chi connectivity index (χ0v) is 8.95. The van der Waals surface area contributed by atoms with E-state index < -0.39 is 0 Å². The molecular weight excluding hydrogens is 192 g/mol. The molecule has 0 aromatic heterocycles. The second kappa shape index (κ2) is 3.76. The van der Waals surface area contributed by atoms with Gasteiger partial charge >= 0.3 is 0 Å². The fraction of sp³-hybridized carbons (Fsp3) is 0.909. The predicted octanol–water partition coefficient (Wildman–Crippen LogP) is 0.396. The average molecular weight is 210 g/mol. The molecule has 0 radical (unpaired) electrons. The first-order valence-corrected chi connectivity index (χ1v) is 5.96. The molecule has 0 spiro atoms. The molecule has 1 saturated heterocycles. The van der Waals surface area contributed by atoms with Crippen LogP contribution in [0.1, 0.15) is 19.3 Å². The molecule has 3 rings (SSSR count). The molecule has 3 fully saturated rings. The summed E-state index contributed by atoms with van der Waals surface area (Å²) in [5, 5.41) is 2.00. The maximum Gasteiger partial charge on any atom is 0.237 e. The van der Waals surface area contributed by atoms with E-state index in [2.05, 4.69) is 5.43 Å². The Bertz CT molecular complexity index is 253. The SMILES string of the molecule is O=C(NN1CCOCC1)C1CC2CC2C1. The molecule has 84 valence electrons. The topological polar surface area (TPSA) is 41.6 Å². The molecular formula is C11H18N2O2. The number of amides is 1. The third-order valence-electron chi connectivity index (χ3n) is 3.89. The van der Waals surface area contributed by atoms with Crippen LogP contribution in [0.3, 0.4) is 0 Å². The summed E-state index contributed by atoms with van der Waals surface area (Å²) in [5.74, 6) is 2.29. The van der Waals surface area contributed by atoms with Crippen LogP contribution in [0.2, 0.25) is 0 Å². The van der Waals surface area contributed by atoms with Gasteiger partial charge in [-0.3, -0.25) is 10.2 Å². The highest BCUT2D eigenvalue weighted by molar-refractivity contribution is 5.78. The molecule has 0 aromatic rings. The minimum atomic E-state index is 0.240. The number of hydrazine groups is 1. The third-order valence-corrected chi connectivity index (χ3v) is 3.89. The Morgan fingerprint density at radius 3 is 2.47 bits per heavy atom. The smallest absolute Gasteiger partial charge is 0.237 e. The maximum absolute atomic E-state index is 11.9. The number of nitrogens with one attached hydrogen (secondary N) is 1. The monoisotopic (exact) mass is 210 g/mol. The van der Waals surface area contributed by atoms with Crippen LogP contribution in [0.15, 0.2) is 0 Å². The van der Waals surface area contributed by atoms with Crippen molar-refractivity contribution in [1.82, 2.24) is 10.4 Å². The minimum absolute atomic E-state index is 0.240. The maximum atomic E-state index is 11.9. The first kappa shape index (κ1) is 9.60. The van der Waals surface area contributed by atoms with Crippen molar-refractivity contribution in [1.29, 1.82) is 0 Å². The molecule has 3 aliphatic rings. The zero-order chi connectivity index (χ0) is 10.3. The number of hydrogen-bond acceptors (Lipinski definition) is 3. The van der Waals surface area contributed by atoms with Gasteiger partial charge in [-0.05, 0) is 31.1 Å². The summed E-state index contributed by atoms with van der Waals surface area (Å²) in [6.45, 7) is 3.11. The van der Waals surface area contributed by atoms with Crippen LogP contribution < -0.4 is 5.43 Å². The highest BCUT2D eigenvalue weighted by atomic mass is 16.5. The van der Waals surface area contributed by atoms with Crippen molar-refractivity contribution in [3.63, 3.8) is 0 Å². The van der Waals surface area contributed by atoms with Crippen molar-refractivity contribution in [3.8, 4) is 0 Å². The van der Waals surface area contributed by atoms with E-state index in [-0.39, 0.29) is 11.8 Å². The van der Waals surface area contributed by atoms with Crippen molar-refractivity contribution in [3.05, 3.63) is 0 Å². The van der Waals surface area contributed by atoms with Gasteiger partial charge in [0.2, 0.25) is 5.91 Å². The lowest BCUT2D eigenvalue weighted by atomic mass is 10.0. The first-order chi connectivity index (χ1) is 7.33. The summed E-state index contributed by atoms with van der Waals surface area (Å²) in [6.07, 6.45) is 3.63. The lowest BCUT2D eigenvalue weighted by Gasteiger charge is -2.28. The van der Waals surface area contributed by atoms with Gasteiger partial charge in [0.25, 0.3) is 0 Å². The fourth-order valence-corrected chi connectivity index (χ4v) is 2.85. The zero-order valence-electron chi connectivity index (χ0n) is 8.95. The predicted molar refractivity (Wildman–Crippen MR) is 54.9 cm³/mol. The van der Waals surface area contributed by atoms with Crippen LogP contribution in [0.4, 0.5) is 0 Å². The molecule has 1 N–H and O–H groups in total. The van der Waals surface area contributed by atoms with E-state index in [1.165, 1.54) is 6.42 Å². The highest BCUT2D eigenvalue weighted by Gasteiger charge is 2.48. The molecule has 15 heavy (non-hydrogen) atoms. The molecule has 4 heteroatoms. The summed E-state index contributed by atoms with van der Waals surface area (Å²) < 4.78 is 5.24. The molecule has 2 atom stereocenters. The van der Waals surface area contributed by atoms with E-state index in [9.17, 15) is 4.79 Å². The number of morpholine rings is 1. The van der Waals surface area contributed by atoms with E-state index in [0.717, 1.165) is 51.0 Å². The highest BCUT2D eigenvalue weighted by Crippen LogP contribution is 2.54. The summed E-state index contributed by atoms with van der Waals surface area (Å²) in [4.78, 5) is 11.9. The number of fused-ring (bicyclic) bond motifs is 1. The first-order valence-electron chi connectivity index (χ1n) is 5.96. The number of hydrogen-bond donors (Lipinski definition) is 1. The number of rotatable bonds is 2. The quantitative estimate of drug-likeness (QED) is 0.717. The van der Waals surface area contributed by atoms with Gasteiger partial charge in [0.05, 0.1) is 13.2 Å². The Morgan fingerprint density at radius 2 is 1.80 bits per heavy atom. The van der Waals surface area contributed by atoms with Gasteiger partial charge in [-0.25, -0.2) is 5.01 Å². The molecule has 2 saturated carbocycles. The van der Waals surface area contributed by atoms with E-state index in [4.69, 9.17) is 4.74 Å². The van der Waals surface area contributed by atoms with E-state index in [1.54, 1.807) is 0 Å². The van der Waals surface area contributed by atoms with Crippen molar-refractivity contribution >= 4 is 5.91 Å². The summed E-state index contributed by atoms with van der Waals surface area (Å²) >= 11 is 0. The second-order valence-electron chi connectivity index (χ2n) is 5.00. The lowest BCUT2D eigenvalue weighted by molar-refractivity contribution is -0.132. The van der Waals surface area contributed by atoms with Gasteiger partial charge in [-0.2, -0.15) is 0 Å². The summed E-state index contributed by atoms with van der Waals surface area (Å²) in [7, 11) is 0. The molecule has 0 bridgehead atoms. The molecule has 4 nitrogen and oxygen atoms in total. The Morgan fingerprint density at radius 1 is 1.13 bits per heavy atom. The number of carbonyl (C=O) groups excluding carboxylic acids is 1. The van der Waals surface area contributed by atoms with Gasteiger partial charge in [-0.15, -0.1) is 0 Å². The fourth-order valence-electron chi connectivity index (χ4n) is 2.85. The van der Waals surface area contributed by atoms with Crippen molar-refractivity contribution < 1.29 is 9.53 Å². The van der Waals surface area contributed by atoms with Crippen LogP contribution in [-0.2, 0) is 9.53 Å². The van der Waals surface area contributed by atoms with E-state index in [1.807, 2.05) is 5.01 Å². The normalized spacial score (nSPS) is 39.9. The molecule has 1 amide bonds. The second-order valence-corrected chi connectivity index (χ2v) is 5.00. The van der Waals surface area contributed by atoms with Gasteiger partial charge in [-0.1, -0.05) is 0 Å². The lowest BCUT2D eigenvalue weighted by Crippen LogP contribution is -2.50. The standard InChI is InChI=1S/C11H18N2O2/c14-11(10-6-8-5-9(8)7-10)12-13-1-3-15-4-2-13/h8-10H,1-7H2,(H,12,14). The molecule has 2 aliphatic carbocycles. The van der Waals surface area contributed by atoms with Crippen LogP contribution in [0.5, 0.6) is 0 Å². The Hall–Kier alpha value is -0.610. The van der Waals surface area contributed by atoms with Gasteiger partial charge in [0.1, 0.15) is 0 Å². The minimum Gasteiger partial charge on any atom is -0.379 e. The molecule has 0 aromatic carbocycles. The Balaban J connectivity index is 1.47. The van der Waals surface area contributed by atoms with Gasteiger partial charge < -0.3 is 4.74 Å². The van der Waals surface area contributed by atoms with Gasteiger partial charge in [0, 0.05) is 19.0 Å². The summed E-state index contributed by atoms with van der Waals surface area (Å²) in [6, 6.07) is 0. The molecule has 2 unspecified atom stereocenters. The van der Waals surface area contributed by atoms with Crippen LogP contribution in [0.25, 0.3) is 0 Å². The van der Waals surface area contributed by atoms with E-state index >= 15 is 0 Å². The van der Waals surface area contributed by atoms with Crippen molar-refractivity contribution in [2.45, 2.75) is 19.3 Å². The Labute approximate surface area is 89.9 Å².